The van der Waals surface area contributed by atoms with Crippen LogP contribution in [-0.4, -0.2) is 18.7 Å². The van der Waals surface area contributed by atoms with Crippen molar-refractivity contribution in [3.63, 3.8) is 0 Å². The number of ether oxygens (including phenoxy) is 1. The van der Waals surface area contributed by atoms with Gasteiger partial charge in [0.15, 0.2) is 11.6 Å². The van der Waals surface area contributed by atoms with Crippen molar-refractivity contribution in [3.05, 3.63) is 17.9 Å². The predicted molar refractivity (Wildman–Crippen MR) is 81.8 cm³/mol. The first-order chi connectivity index (χ1) is 9.40. The van der Waals surface area contributed by atoms with E-state index in [1.165, 1.54) is 12.5 Å². The van der Waals surface area contributed by atoms with Crippen molar-refractivity contribution in [3.8, 4) is 5.75 Å². The summed E-state index contributed by atoms with van der Waals surface area (Å²) in [5, 5.41) is 0. The minimum Gasteiger partial charge on any atom is -0.488 e. The lowest BCUT2D eigenvalue weighted by Gasteiger charge is -2.40. The van der Waals surface area contributed by atoms with Gasteiger partial charge in [-0.05, 0) is 39.5 Å². The Hall–Kier alpha value is -1.45. The molecule has 1 aromatic rings. The average Bonchev–Trinajstić information content (AvgIpc) is 2.36. The molecule has 0 aromatic heterocycles. The van der Waals surface area contributed by atoms with Crippen LogP contribution in [0.5, 0.6) is 5.75 Å². The van der Waals surface area contributed by atoms with Gasteiger partial charge in [0.1, 0.15) is 0 Å². The van der Waals surface area contributed by atoms with Gasteiger partial charge in [0.2, 0.25) is 0 Å². The number of nitrogens with zero attached hydrogens (tertiary/aromatic N) is 1. The number of nitrogen functional groups attached to an aromatic ring is 1. The van der Waals surface area contributed by atoms with Crippen LogP contribution >= 0.6 is 0 Å². The summed E-state index contributed by atoms with van der Waals surface area (Å²) in [6.07, 6.45) is 2.32. The molecule has 0 saturated carbocycles. The van der Waals surface area contributed by atoms with E-state index >= 15 is 0 Å². The Kier molecular flexibility index (Phi) is 4.41. The van der Waals surface area contributed by atoms with Crippen LogP contribution in [0.25, 0.3) is 0 Å². The standard InChI is InChI=1S/C16H25FN2O/c1-10(2)20-16-9-15(14(18)8-13(16)17)19-7-5-6-11(3)12(19)4/h8-12H,5-7,18H2,1-4H3. The molecule has 0 amide bonds. The van der Waals surface area contributed by atoms with Crippen LogP contribution < -0.4 is 15.4 Å². The molecule has 2 rings (SSSR count). The topological polar surface area (TPSA) is 38.5 Å². The summed E-state index contributed by atoms with van der Waals surface area (Å²) in [7, 11) is 0. The van der Waals surface area contributed by atoms with Gasteiger partial charge >= 0.3 is 0 Å². The molecule has 1 aromatic carbocycles. The fourth-order valence-corrected chi connectivity index (χ4v) is 2.83. The summed E-state index contributed by atoms with van der Waals surface area (Å²) >= 11 is 0. The lowest BCUT2D eigenvalue weighted by Crippen LogP contribution is -2.42. The molecule has 0 radical (unpaired) electrons. The van der Waals surface area contributed by atoms with E-state index < -0.39 is 5.82 Å². The van der Waals surface area contributed by atoms with E-state index in [1.807, 2.05) is 13.8 Å². The smallest absolute Gasteiger partial charge is 0.167 e. The van der Waals surface area contributed by atoms with Crippen LogP contribution in [0.15, 0.2) is 12.1 Å². The summed E-state index contributed by atoms with van der Waals surface area (Å²) in [5.41, 5.74) is 7.40. The molecule has 2 unspecified atom stereocenters. The van der Waals surface area contributed by atoms with Gasteiger partial charge in [-0.3, -0.25) is 0 Å². The molecule has 1 fully saturated rings. The Labute approximate surface area is 120 Å². The van der Waals surface area contributed by atoms with Crippen molar-refractivity contribution in [2.45, 2.75) is 52.7 Å². The van der Waals surface area contributed by atoms with E-state index in [0.29, 0.717) is 17.6 Å². The van der Waals surface area contributed by atoms with Crippen LogP contribution in [0, 0.1) is 11.7 Å². The molecule has 1 aliphatic heterocycles. The summed E-state index contributed by atoms with van der Waals surface area (Å²) in [6.45, 7) is 9.20. The molecule has 2 N–H and O–H groups in total. The SMILES string of the molecule is CC(C)Oc1cc(N2CCCC(C)C2C)c(N)cc1F. The molecule has 0 spiro atoms. The maximum Gasteiger partial charge on any atom is 0.167 e. The van der Waals surface area contributed by atoms with Gasteiger partial charge in [-0.15, -0.1) is 0 Å². The van der Waals surface area contributed by atoms with Gasteiger partial charge in [0, 0.05) is 24.7 Å². The summed E-state index contributed by atoms with van der Waals surface area (Å²) in [4.78, 5) is 2.27. The normalized spacial score (nSPS) is 23.2. The lowest BCUT2D eigenvalue weighted by atomic mass is 9.91. The first-order valence-corrected chi connectivity index (χ1v) is 7.42. The molecular weight excluding hydrogens is 255 g/mol. The number of halogens is 1. The number of piperidine rings is 1. The first kappa shape index (κ1) is 14.9. The molecule has 1 saturated heterocycles. The molecule has 1 aliphatic rings. The maximum atomic E-state index is 13.9. The predicted octanol–water partition coefficient (Wildman–Crippen LogP) is 3.82. The second kappa shape index (κ2) is 5.90. The maximum absolute atomic E-state index is 13.9. The number of rotatable bonds is 3. The Morgan fingerprint density at radius 3 is 2.70 bits per heavy atom. The summed E-state index contributed by atoms with van der Waals surface area (Å²) < 4.78 is 19.4. The molecule has 3 nitrogen and oxygen atoms in total. The highest BCUT2D eigenvalue weighted by atomic mass is 19.1. The van der Waals surface area contributed by atoms with Crippen molar-refractivity contribution >= 4 is 11.4 Å². The molecule has 0 bridgehead atoms. The van der Waals surface area contributed by atoms with Crippen LogP contribution in [0.2, 0.25) is 0 Å². The van der Waals surface area contributed by atoms with Crippen molar-refractivity contribution in [1.82, 2.24) is 0 Å². The molecular formula is C16H25FN2O. The Balaban J connectivity index is 2.35. The van der Waals surface area contributed by atoms with Crippen molar-refractivity contribution in [1.29, 1.82) is 0 Å². The number of hydrogen-bond acceptors (Lipinski definition) is 3. The van der Waals surface area contributed by atoms with Crippen LogP contribution in [0.3, 0.4) is 0 Å². The largest absolute Gasteiger partial charge is 0.488 e. The van der Waals surface area contributed by atoms with E-state index in [-0.39, 0.29) is 11.9 Å². The zero-order chi connectivity index (χ0) is 14.9. The average molecular weight is 280 g/mol. The number of benzene rings is 1. The highest BCUT2D eigenvalue weighted by Gasteiger charge is 2.27. The van der Waals surface area contributed by atoms with E-state index in [4.69, 9.17) is 10.5 Å². The van der Waals surface area contributed by atoms with E-state index in [1.54, 1.807) is 6.07 Å². The molecule has 4 heteroatoms. The van der Waals surface area contributed by atoms with Gasteiger partial charge in [0.05, 0.1) is 17.5 Å². The second-order valence-electron chi connectivity index (χ2n) is 6.06. The zero-order valence-corrected chi connectivity index (χ0v) is 12.8. The monoisotopic (exact) mass is 280 g/mol. The first-order valence-electron chi connectivity index (χ1n) is 7.42. The molecule has 112 valence electrons. The summed E-state index contributed by atoms with van der Waals surface area (Å²) in [5.74, 6) is 0.509. The van der Waals surface area contributed by atoms with E-state index in [9.17, 15) is 4.39 Å². The van der Waals surface area contributed by atoms with E-state index in [0.717, 1.165) is 18.7 Å². The van der Waals surface area contributed by atoms with Gasteiger partial charge in [-0.1, -0.05) is 6.92 Å². The number of hydrogen-bond donors (Lipinski definition) is 1. The molecule has 0 aliphatic carbocycles. The quantitative estimate of drug-likeness (QED) is 0.855. The second-order valence-corrected chi connectivity index (χ2v) is 6.06. The minimum atomic E-state index is -0.391. The fourth-order valence-electron chi connectivity index (χ4n) is 2.83. The van der Waals surface area contributed by atoms with Gasteiger partial charge in [0.25, 0.3) is 0 Å². The Bertz CT molecular complexity index is 476. The van der Waals surface area contributed by atoms with Gasteiger partial charge < -0.3 is 15.4 Å². The molecule has 2 atom stereocenters. The third kappa shape index (κ3) is 3.00. The van der Waals surface area contributed by atoms with Gasteiger partial charge in [-0.2, -0.15) is 0 Å². The van der Waals surface area contributed by atoms with Crippen LogP contribution in [-0.2, 0) is 0 Å². The Morgan fingerprint density at radius 2 is 2.05 bits per heavy atom. The lowest BCUT2D eigenvalue weighted by molar-refractivity contribution is 0.231. The molecule has 20 heavy (non-hydrogen) atoms. The third-order valence-corrected chi connectivity index (χ3v) is 4.13. The van der Waals surface area contributed by atoms with Crippen molar-refractivity contribution in [2.24, 2.45) is 5.92 Å². The Morgan fingerprint density at radius 1 is 1.35 bits per heavy atom. The fraction of sp³-hybridized carbons (Fsp3) is 0.625. The molecule has 1 heterocycles. The zero-order valence-electron chi connectivity index (χ0n) is 12.8. The number of anilines is 2. The van der Waals surface area contributed by atoms with Crippen molar-refractivity contribution in [2.75, 3.05) is 17.2 Å². The number of nitrogens with two attached hydrogens (primary N) is 1. The highest BCUT2D eigenvalue weighted by Crippen LogP contribution is 2.36. The van der Waals surface area contributed by atoms with Crippen LogP contribution in [0.1, 0.15) is 40.5 Å². The summed E-state index contributed by atoms with van der Waals surface area (Å²) in [6, 6.07) is 3.53. The van der Waals surface area contributed by atoms with Crippen LogP contribution in [0.4, 0.5) is 15.8 Å². The minimum absolute atomic E-state index is 0.0568. The van der Waals surface area contributed by atoms with Gasteiger partial charge in [-0.25, -0.2) is 4.39 Å². The third-order valence-electron chi connectivity index (χ3n) is 4.13. The van der Waals surface area contributed by atoms with E-state index in [2.05, 4.69) is 18.7 Å². The highest BCUT2D eigenvalue weighted by molar-refractivity contribution is 5.70. The van der Waals surface area contributed by atoms with Crippen molar-refractivity contribution < 1.29 is 9.13 Å².